The number of hydrogen-bond acceptors (Lipinski definition) is 9. The first-order valence-corrected chi connectivity index (χ1v) is 12.3. The lowest BCUT2D eigenvalue weighted by Gasteiger charge is -2.36. The predicted molar refractivity (Wildman–Crippen MR) is 133 cm³/mol. The lowest BCUT2D eigenvalue weighted by atomic mass is 10.2. The third-order valence-electron chi connectivity index (χ3n) is 4.97. The zero-order valence-electron chi connectivity index (χ0n) is 19.4. The van der Waals surface area contributed by atoms with Gasteiger partial charge >= 0.3 is 6.09 Å². The van der Waals surface area contributed by atoms with E-state index in [-0.39, 0.29) is 11.5 Å². The first kappa shape index (κ1) is 23.5. The zero-order valence-corrected chi connectivity index (χ0v) is 21.1. The number of fused-ring (bicyclic) bond motifs is 1. The summed E-state index contributed by atoms with van der Waals surface area (Å²) in [5.74, 6) is 0.768. The van der Waals surface area contributed by atoms with Crippen LogP contribution in [-0.4, -0.2) is 75.7 Å². The van der Waals surface area contributed by atoms with E-state index in [1.807, 2.05) is 67.4 Å². The first-order valence-electron chi connectivity index (χ1n) is 10.7. The second-order valence-electron chi connectivity index (χ2n) is 8.91. The number of rotatable bonds is 4. The van der Waals surface area contributed by atoms with Crippen LogP contribution in [0.3, 0.4) is 0 Å². The van der Waals surface area contributed by atoms with Crippen molar-refractivity contribution in [2.75, 3.05) is 45.2 Å². The van der Waals surface area contributed by atoms with Gasteiger partial charge in [-0.05, 0) is 58.9 Å². The number of aromatic nitrogens is 3. The van der Waals surface area contributed by atoms with Crippen LogP contribution in [0.2, 0.25) is 0 Å². The molecule has 4 heterocycles. The molecule has 0 radical (unpaired) electrons. The molecule has 1 aliphatic heterocycles. The van der Waals surface area contributed by atoms with Crippen LogP contribution in [0.5, 0.6) is 0 Å². The molecule has 176 valence electrons. The fourth-order valence-electron chi connectivity index (χ4n) is 3.53. The Morgan fingerprint density at radius 3 is 2.52 bits per heavy atom. The summed E-state index contributed by atoms with van der Waals surface area (Å²) in [5, 5.41) is 3.20. The van der Waals surface area contributed by atoms with Crippen LogP contribution >= 0.6 is 23.3 Å². The Balaban J connectivity index is 1.64. The van der Waals surface area contributed by atoms with Crippen LogP contribution in [0.1, 0.15) is 20.8 Å². The Kier molecular flexibility index (Phi) is 6.64. The number of anilines is 1. The highest BCUT2D eigenvalue weighted by Gasteiger charge is 2.26. The molecule has 11 heteroatoms. The molecule has 0 aliphatic carbocycles. The van der Waals surface area contributed by atoms with E-state index in [4.69, 9.17) is 9.72 Å². The summed E-state index contributed by atoms with van der Waals surface area (Å²) in [6.07, 6.45) is 3.26. The molecule has 1 aliphatic rings. The summed E-state index contributed by atoms with van der Waals surface area (Å²) in [6, 6.07) is 3.72. The van der Waals surface area contributed by atoms with Crippen LogP contribution in [-0.2, 0) is 4.74 Å². The largest absolute Gasteiger partial charge is 0.444 e. The van der Waals surface area contributed by atoms with Crippen molar-refractivity contribution in [3.05, 3.63) is 40.1 Å². The molecule has 0 bridgehead atoms. The maximum absolute atomic E-state index is 13.1. The molecule has 1 amide bonds. The maximum atomic E-state index is 13.1. The van der Waals surface area contributed by atoms with E-state index in [0.29, 0.717) is 42.1 Å². The standard InChI is InChI=1S/C22H28N6O3S2/c1-22(2,3)31-21(30)27-11-9-26(10-12-27)17-7-6-15-18(29)16(33-25(4)5)14-28(19(15)24-17)20-23-8-13-32-20/h6-8,13-14H,9-12H2,1-5H3. The van der Waals surface area contributed by atoms with E-state index < -0.39 is 5.60 Å². The number of hydrogen-bond donors (Lipinski definition) is 0. The number of pyridine rings is 2. The highest BCUT2D eigenvalue weighted by molar-refractivity contribution is 7.97. The molecule has 0 aromatic carbocycles. The van der Waals surface area contributed by atoms with Crippen molar-refractivity contribution in [2.24, 2.45) is 0 Å². The predicted octanol–water partition coefficient (Wildman–Crippen LogP) is 3.47. The normalized spacial score (nSPS) is 14.8. The molecule has 3 aromatic rings. The molecule has 0 atom stereocenters. The Morgan fingerprint density at radius 2 is 1.91 bits per heavy atom. The Morgan fingerprint density at radius 1 is 1.18 bits per heavy atom. The Bertz CT molecular complexity index is 1200. The van der Waals surface area contributed by atoms with Crippen molar-refractivity contribution >= 4 is 46.2 Å². The van der Waals surface area contributed by atoms with E-state index >= 15 is 0 Å². The summed E-state index contributed by atoms with van der Waals surface area (Å²) in [6.45, 7) is 7.96. The number of thiazole rings is 1. The van der Waals surface area contributed by atoms with Crippen molar-refractivity contribution in [1.29, 1.82) is 0 Å². The zero-order chi connectivity index (χ0) is 23.8. The van der Waals surface area contributed by atoms with Gasteiger partial charge in [0.25, 0.3) is 0 Å². The first-order chi connectivity index (χ1) is 15.6. The van der Waals surface area contributed by atoms with Gasteiger partial charge in [-0.1, -0.05) is 0 Å². The lowest BCUT2D eigenvalue weighted by molar-refractivity contribution is 0.0240. The minimum Gasteiger partial charge on any atom is -0.444 e. The summed E-state index contributed by atoms with van der Waals surface area (Å²) in [7, 11) is 3.81. The number of nitrogens with zero attached hydrogens (tertiary/aromatic N) is 6. The van der Waals surface area contributed by atoms with Gasteiger partial charge in [-0.3, -0.25) is 13.7 Å². The van der Waals surface area contributed by atoms with Gasteiger partial charge in [-0.15, -0.1) is 11.3 Å². The minimum absolute atomic E-state index is 0.0506. The monoisotopic (exact) mass is 488 g/mol. The van der Waals surface area contributed by atoms with Crippen molar-refractivity contribution in [1.82, 2.24) is 23.7 Å². The number of carbonyl (C=O) groups excluding carboxylic acids is 1. The quantitative estimate of drug-likeness (QED) is 0.516. The van der Waals surface area contributed by atoms with Gasteiger partial charge in [-0.2, -0.15) is 0 Å². The average Bonchev–Trinajstić information content (AvgIpc) is 3.29. The van der Waals surface area contributed by atoms with Gasteiger partial charge in [0.05, 0.1) is 10.3 Å². The van der Waals surface area contributed by atoms with E-state index in [1.165, 1.54) is 23.3 Å². The highest BCUT2D eigenvalue weighted by atomic mass is 32.2. The van der Waals surface area contributed by atoms with Gasteiger partial charge in [0, 0.05) is 44.0 Å². The smallest absolute Gasteiger partial charge is 0.410 e. The van der Waals surface area contributed by atoms with Gasteiger partial charge in [-0.25, -0.2) is 14.8 Å². The van der Waals surface area contributed by atoms with Gasteiger partial charge < -0.3 is 14.5 Å². The third-order valence-corrected chi connectivity index (χ3v) is 6.59. The summed E-state index contributed by atoms with van der Waals surface area (Å²) < 4.78 is 9.26. The Labute approximate surface area is 201 Å². The number of carbonyl (C=O) groups is 1. The molecule has 1 fully saturated rings. The van der Waals surface area contributed by atoms with Crippen LogP contribution in [0.25, 0.3) is 16.2 Å². The fourth-order valence-corrected chi connectivity index (χ4v) is 4.89. The van der Waals surface area contributed by atoms with E-state index in [2.05, 4.69) is 9.88 Å². The highest BCUT2D eigenvalue weighted by Crippen LogP contribution is 2.26. The summed E-state index contributed by atoms with van der Waals surface area (Å²) in [5.41, 5.74) is 0.00701. The molecule has 9 nitrogen and oxygen atoms in total. The van der Waals surface area contributed by atoms with Crippen molar-refractivity contribution in [2.45, 2.75) is 31.3 Å². The minimum atomic E-state index is -0.517. The number of piperazine rings is 1. The molecule has 0 unspecified atom stereocenters. The number of ether oxygens (including phenoxy) is 1. The van der Waals surface area contributed by atoms with Crippen LogP contribution in [0, 0.1) is 0 Å². The van der Waals surface area contributed by atoms with Crippen molar-refractivity contribution < 1.29 is 9.53 Å². The van der Waals surface area contributed by atoms with E-state index in [1.54, 1.807) is 11.1 Å². The topological polar surface area (TPSA) is 83.8 Å². The average molecular weight is 489 g/mol. The molecule has 3 aromatic heterocycles. The molecule has 4 rings (SSSR count). The van der Waals surface area contributed by atoms with Gasteiger partial charge in [0.2, 0.25) is 5.43 Å². The van der Waals surface area contributed by atoms with Gasteiger partial charge in [0.15, 0.2) is 10.8 Å². The molecule has 0 N–H and O–H groups in total. The summed E-state index contributed by atoms with van der Waals surface area (Å²) >= 11 is 2.87. The SMILES string of the molecule is CN(C)Sc1cn(-c2nccs2)c2nc(N3CCN(C(=O)OC(C)(C)C)CC3)ccc2c1=O. The Hall–Kier alpha value is -2.63. The van der Waals surface area contributed by atoms with Crippen LogP contribution in [0.4, 0.5) is 10.6 Å². The maximum Gasteiger partial charge on any atom is 0.410 e. The van der Waals surface area contributed by atoms with E-state index in [0.717, 1.165) is 10.9 Å². The fraction of sp³-hybridized carbons (Fsp3) is 0.455. The van der Waals surface area contributed by atoms with E-state index in [9.17, 15) is 9.59 Å². The molecule has 1 saturated heterocycles. The van der Waals surface area contributed by atoms with Crippen LogP contribution < -0.4 is 10.3 Å². The number of amides is 1. The second kappa shape index (κ2) is 9.32. The lowest BCUT2D eigenvalue weighted by Crippen LogP contribution is -2.50. The molecular weight excluding hydrogens is 460 g/mol. The molecular formula is C22H28N6O3S2. The summed E-state index contributed by atoms with van der Waals surface area (Å²) in [4.78, 5) is 39.2. The molecule has 0 spiro atoms. The van der Waals surface area contributed by atoms with Crippen LogP contribution in [0.15, 0.2) is 39.6 Å². The van der Waals surface area contributed by atoms with Crippen molar-refractivity contribution in [3.63, 3.8) is 0 Å². The third kappa shape index (κ3) is 5.31. The molecule has 33 heavy (non-hydrogen) atoms. The van der Waals surface area contributed by atoms with Crippen molar-refractivity contribution in [3.8, 4) is 5.13 Å². The second-order valence-corrected chi connectivity index (χ2v) is 11.1. The van der Waals surface area contributed by atoms with Gasteiger partial charge in [0.1, 0.15) is 11.4 Å². The molecule has 0 saturated carbocycles.